The maximum Gasteiger partial charge on any atom is 0.125 e. The molecule has 13 heavy (non-hydrogen) atoms. The van der Waals surface area contributed by atoms with Crippen molar-refractivity contribution in [3.63, 3.8) is 0 Å². The van der Waals surface area contributed by atoms with Crippen LogP contribution in [0.3, 0.4) is 0 Å². The molecule has 0 unspecified atom stereocenters. The lowest BCUT2D eigenvalue weighted by Crippen LogP contribution is -2.03. The Bertz CT molecular complexity index is 380. The molecule has 0 aliphatic heterocycles. The Kier molecular flexibility index (Phi) is 2.04. The zero-order valence-corrected chi connectivity index (χ0v) is 7.38. The van der Waals surface area contributed by atoms with Gasteiger partial charge in [-0.3, -0.25) is 4.68 Å². The maximum absolute atomic E-state index is 4.28. The largest absolute Gasteiger partial charge is 0.267 e. The predicted molar refractivity (Wildman–Crippen MR) is 48.1 cm³/mol. The van der Waals surface area contributed by atoms with Gasteiger partial charge in [0.1, 0.15) is 5.82 Å². The van der Waals surface area contributed by atoms with Crippen LogP contribution in [0, 0.1) is 6.92 Å². The minimum atomic E-state index is 0.705. The van der Waals surface area contributed by atoms with Gasteiger partial charge in [0.05, 0.1) is 12.2 Å². The van der Waals surface area contributed by atoms with Crippen LogP contribution in [0.4, 0.5) is 0 Å². The van der Waals surface area contributed by atoms with E-state index in [1.54, 1.807) is 12.4 Å². The van der Waals surface area contributed by atoms with Crippen molar-refractivity contribution in [3.05, 3.63) is 42.2 Å². The van der Waals surface area contributed by atoms with E-state index >= 15 is 0 Å². The fourth-order valence-corrected chi connectivity index (χ4v) is 1.15. The summed E-state index contributed by atoms with van der Waals surface area (Å²) >= 11 is 0. The summed E-state index contributed by atoms with van der Waals surface area (Å²) in [6.07, 6.45) is 5.44. The van der Waals surface area contributed by atoms with Crippen molar-refractivity contribution in [2.75, 3.05) is 0 Å². The molecule has 66 valence electrons. The van der Waals surface area contributed by atoms with Crippen LogP contribution in [0.25, 0.3) is 0 Å². The molecule has 0 aliphatic rings. The van der Waals surface area contributed by atoms with Crippen molar-refractivity contribution in [2.24, 2.45) is 0 Å². The molecule has 0 aromatic carbocycles. The Labute approximate surface area is 76.3 Å². The van der Waals surface area contributed by atoms with Gasteiger partial charge >= 0.3 is 0 Å². The molecule has 0 N–H and O–H groups in total. The first-order valence-electron chi connectivity index (χ1n) is 4.10. The number of aryl methyl sites for hydroxylation is 1. The van der Waals surface area contributed by atoms with Crippen LogP contribution < -0.4 is 0 Å². The fraction of sp³-hybridized carbons (Fsp3) is 0.222. The maximum atomic E-state index is 4.28. The van der Waals surface area contributed by atoms with Gasteiger partial charge in [0.25, 0.3) is 0 Å². The lowest BCUT2D eigenvalue weighted by molar-refractivity contribution is 0.668. The van der Waals surface area contributed by atoms with Crippen LogP contribution in [0.5, 0.6) is 0 Å². The van der Waals surface area contributed by atoms with Gasteiger partial charge in [0.2, 0.25) is 0 Å². The Morgan fingerprint density at radius 3 is 3.00 bits per heavy atom. The normalized spacial score (nSPS) is 10.2. The molecule has 0 fully saturated rings. The van der Waals surface area contributed by atoms with E-state index in [4.69, 9.17) is 0 Å². The predicted octanol–water partition coefficient (Wildman–Crippen LogP) is 1.03. The smallest absolute Gasteiger partial charge is 0.125 e. The number of hydrogen-bond donors (Lipinski definition) is 0. The molecule has 2 aromatic rings. The summed E-state index contributed by atoms with van der Waals surface area (Å²) in [6.45, 7) is 2.59. The summed E-state index contributed by atoms with van der Waals surface area (Å²) in [5, 5.41) is 4.10. The summed E-state index contributed by atoms with van der Waals surface area (Å²) in [5.41, 5.74) is 0.983. The summed E-state index contributed by atoms with van der Waals surface area (Å²) in [5.74, 6) is 0.796. The van der Waals surface area contributed by atoms with Crippen LogP contribution in [-0.4, -0.2) is 19.7 Å². The van der Waals surface area contributed by atoms with Gasteiger partial charge in [-0.15, -0.1) is 0 Å². The highest BCUT2D eigenvalue weighted by atomic mass is 15.3. The van der Waals surface area contributed by atoms with E-state index in [2.05, 4.69) is 15.1 Å². The van der Waals surface area contributed by atoms with Crippen LogP contribution in [-0.2, 0) is 6.54 Å². The van der Waals surface area contributed by atoms with Crippen LogP contribution in [0.2, 0.25) is 0 Å². The Balaban J connectivity index is 2.19. The number of hydrogen-bond acceptors (Lipinski definition) is 3. The van der Waals surface area contributed by atoms with Crippen molar-refractivity contribution in [2.45, 2.75) is 13.5 Å². The molecule has 0 amide bonds. The van der Waals surface area contributed by atoms with Gasteiger partial charge in [0, 0.05) is 18.6 Å². The molecule has 0 bridgehead atoms. The van der Waals surface area contributed by atoms with E-state index < -0.39 is 0 Å². The number of rotatable bonds is 2. The van der Waals surface area contributed by atoms with Crippen LogP contribution in [0.1, 0.15) is 11.5 Å². The van der Waals surface area contributed by atoms with E-state index in [0.717, 1.165) is 11.5 Å². The molecule has 2 heterocycles. The summed E-state index contributed by atoms with van der Waals surface area (Å²) < 4.78 is 1.84. The highest BCUT2D eigenvalue weighted by molar-refractivity contribution is 5.02. The highest BCUT2D eigenvalue weighted by Crippen LogP contribution is 1.97. The van der Waals surface area contributed by atoms with Crippen molar-refractivity contribution < 1.29 is 0 Å². The third-order valence-corrected chi connectivity index (χ3v) is 1.72. The Hall–Kier alpha value is -1.71. The molecular formula is C9H10N4. The Morgan fingerprint density at radius 1 is 1.38 bits per heavy atom. The van der Waals surface area contributed by atoms with E-state index in [1.165, 1.54) is 0 Å². The van der Waals surface area contributed by atoms with Gasteiger partial charge in [-0.1, -0.05) is 0 Å². The van der Waals surface area contributed by atoms with E-state index in [9.17, 15) is 0 Å². The lowest BCUT2D eigenvalue weighted by Gasteiger charge is -2.00. The van der Waals surface area contributed by atoms with Gasteiger partial charge in [0.15, 0.2) is 0 Å². The zero-order chi connectivity index (χ0) is 9.10. The number of nitrogens with zero attached hydrogens (tertiary/aromatic N) is 4. The molecule has 2 aromatic heterocycles. The molecular weight excluding hydrogens is 164 g/mol. The van der Waals surface area contributed by atoms with E-state index in [1.807, 2.05) is 29.9 Å². The molecule has 0 atom stereocenters. The summed E-state index contributed by atoms with van der Waals surface area (Å²) in [4.78, 5) is 8.30. The van der Waals surface area contributed by atoms with Crippen LogP contribution in [0.15, 0.2) is 30.7 Å². The summed E-state index contributed by atoms with van der Waals surface area (Å²) in [7, 11) is 0. The third-order valence-electron chi connectivity index (χ3n) is 1.72. The first-order chi connectivity index (χ1) is 6.34. The fourth-order valence-electron chi connectivity index (χ4n) is 1.15. The molecule has 0 aliphatic carbocycles. The second-order valence-corrected chi connectivity index (χ2v) is 2.80. The van der Waals surface area contributed by atoms with Gasteiger partial charge in [-0.05, 0) is 19.1 Å². The molecule has 0 saturated heterocycles. The first-order valence-corrected chi connectivity index (χ1v) is 4.10. The molecule has 0 saturated carbocycles. The van der Waals surface area contributed by atoms with Gasteiger partial charge < -0.3 is 0 Å². The monoisotopic (exact) mass is 174 g/mol. The molecule has 0 radical (unpaired) electrons. The van der Waals surface area contributed by atoms with Crippen molar-refractivity contribution in [1.29, 1.82) is 0 Å². The van der Waals surface area contributed by atoms with Crippen molar-refractivity contribution in [3.8, 4) is 0 Å². The standard InChI is InChI=1S/C9H10N4/c1-8-10-5-3-9(12-8)7-13-6-2-4-11-13/h2-6H,7H2,1H3. The second kappa shape index (κ2) is 3.35. The van der Waals surface area contributed by atoms with E-state index in [0.29, 0.717) is 6.54 Å². The van der Waals surface area contributed by atoms with Crippen LogP contribution >= 0.6 is 0 Å². The minimum Gasteiger partial charge on any atom is -0.267 e. The van der Waals surface area contributed by atoms with Crippen molar-refractivity contribution >= 4 is 0 Å². The van der Waals surface area contributed by atoms with E-state index in [-0.39, 0.29) is 0 Å². The molecule has 4 heteroatoms. The van der Waals surface area contributed by atoms with Gasteiger partial charge in [-0.25, -0.2) is 9.97 Å². The topological polar surface area (TPSA) is 43.6 Å². The lowest BCUT2D eigenvalue weighted by atomic mass is 10.4. The SMILES string of the molecule is Cc1nccc(Cn2cccn2)n1. The van der Waals surface area contributed by atoms with Crippen molar-refractivity contribution in [1.82, 2.24) is 19.7 Å². The molecule has 4 nitrogen and oxygen atoms in total. The Morgan fingerprint density at radius 2 is 2.31 bits per heavy atom. The van der Waals surface area contributed by atoms with Gasteiger partial charge in [-0.2, -0.15) is 5.10 Å². The highest BCUT2D eigenvalue weighted by Gasteiger charge is 1.96. The average Bonchev–Trinajstić information content (AvgIpc) is 2.57. The quantitative estimate of drug-likeness (QED) is 0.683. The average molecular weight is 174 g/mol. The molecule has 2 rings (SSSR count). The third kappa shape index (κ3) is 1.90. The number of aromatic nitrogens is 4. The summed E-state index contributed by atoms with van der Waals surface area (Å²) in [6, 6.07) is 3.79. The first kappa shape index (κ1) is 7.91. The minimum absolute atomic E-state index is 0.705. The second-order valence-electron chi connectivity index (χ2n) is 2.80. The zero-order valence-electron chi connectivity index (χ0n) is 7.38. The molecule has 0 spiro atoms.